The van der Waals surface area contributed by atoms with Crippen molar-refractivity contribution in [3.05, 3.63) is 47.3 Å². The van der Waals surface area contributed by atoms with Crippen molar-refractivity contribution in [2.24, 2.45) is 0 Å². The molecule has 0 aliphatic carbocycles. The molecule has 0 spiro atoms. The van der Waals surface area contributed by atoms with Gasteiger partial charge in [-0.2, -0.15) is 4.52 Å². The minimum Gasteiger partial charge on any atom is -0.506 e. The number of phenols is 1. The molecule has 4 N–H and O–H groups in total. The third-order valence-electron chi connectivity index (χ3n) is 4.03. The van der Waals surface area contributed by atoms with Crippen LogP contribution in [0.2, 0.25) is 0 Å². The average Bonchev–Trinajstić information content (AvgIpc) is 2.96. The van der Waals surface area contributed by atoms with Crippen LogP contribution in [0.3, 0.4) is 0 Å². The Hall–Kier alpha value is -3.75. The van der Waals surface area contributed by atoms with Gasteiger partial charge in [-0.05, 0) is 37.6 Å². The summed E-state index contributed by atoms with van der Waals surface area (Å²) >= 11 is 0. The molecule has 0 saturated carbocycles. The van der Waals surface area contributed by atoms with Crippen LogP contribution in [0.4, 0.5) is 11.5 Å². The smallest absolute Gasteiger partial charge is 0.280 e. The molecule has 9 heteroatoms. The van der Waals surface area contributed by atoms with E-state index in [1.807, 2.05) is 19.9 Å². The first-order chi connectivity index (χ1) is 12.5. The highest BCUT2D eigenvalue weighted by atomic mass is 16.3. The molecule has 0 unspecified atom stereocenters. The Bertz CT molecular complexity index is 1180. The number of amides is 1. The number of carbonyl (C=O) groups excluding carboxylic acids is 1. The first-order valence-electron chi connectivity index (χ1n) is 7.84. The number of nitrogen functional groups attached to an aromatic ring is 1. The summed E-state index contributed by atoms with van der Waals surface area (Å²) in [6.07, 6.45) is 0. The summed E-state index contributed by atoms with van der Waals surface area (Å²) in [5.41, 5.74) is 8.95. The number of hydrogen-bond donors (Lipinski definition) is 3. The number of benzene rings is 1. The first-order valence-corrected chi connectivity index (χ1v) is 7.84. The zero-order valence-corrected chi connectivity index (χ0v) is 14.1. The Morgan fingerprint density at radius 1 is 1.23 bits per heavy atom. The minimum absolute atomic E-state index is 0.0398. The van der Waals surface area contributed by atoms with Crippen molar-refractivity contribution in [3.63, 3.8) is 0 Å². The molecule has 3 aromatic heterocycles. The molecule has 0 aliphatic heterocycles. The van der Waals surface area contributed by atoms with E-state index >= 15 is 0 Å². The van der Waals surface area contributed by atoms with Gasteiger partial charge in [0, 0.05) is 5.69 Å². The molecule has 130 valence electrons. The molecular weight excluding hydrogens is 334 g/mol. The lowest BCUT2D eigenvalue weighted by Crippen LogP contribution is -2.19. The summed E-state index contributed by atoms with van der Waals surface area (Å²) in [5.74, 6) is -0.620. The number of hydrogen-bond acceptors (Lipinski definition) is 7. The Morgan fingerprint density at radius 3 is 2.77 bits per heavy atom. The Morgan fingerprint density at radius 2 is 2.00 bits per heavy atom. The summed E-state index contributed by atoms with van der Waals surface area (Å²) in [4.78, 5) is 16.9. The van der Waals surface area contributed by atoms with E-state index in [4.69, 9.17) is 5.73 Å². The lowest BCUT2D eigenvalue weighted by atomic mass is 10.2. The van der Waals surface area contributed by atoms with Crippen molar-refractivity contribution in [3.8, 4) is 5.75 Å². The number of aromatic nitrogens is 5. The molecule has 1 amide bonds. The summed E-state index contributed by atoms with van der Waals surface area (Å²) in [6.45, 7) is 3.80. The topological polar surface area (TPSA) is 131 Å². The van der Waals surface area contributed by atoms with E-state index < -0.39 is 5.91 Å². The fourth-order valence-corrected chi connectivity index (χ4v) is 2.85. The van der Waals surface area contributed by atoms with Crippen LogP contribution in [-0.4, -0.2) is 35.8 Å². The van der Waals surface area contributed by atoms with Gasteiger partial charge in [-0.1, -0.05) is 12.1 Å². The number of nitrogens with one attached hydrogen (secondary N) is 1. The fraction of sp³-hybridized carbons (Fsp3) is 0.118. The summed E-state index contributed by atoms with van der Waals surface area (Å²) < 4.78 is 1.36. The van der Waals surface area contributed by atoms with Crippen LogP contribution in [0.1, 0.15) is 21.7 Å². The van der Waals surface area contributed by atoms with E-state index in [1.165, 1.54) is 10.6 Å². The molecule has 0 bridgehead atoms. The summed E-state index contributed by atoms with van der Waals surface area (Å²) in [7, 11) is 0. The molecule has 0 fully saturated rings. The van der Waals surface area contributed by atoms with E-state index in [0.717, 1.165) is 16.6 Å². The van der Waals surface area contributed by atoms with E-state index in [-0.39, 0.29) is 22.9 Å². The number of carbonyl (C=O) groups is 1. The van der Waals surface area contributed by atoms with Crippen LogP contribution in [0.5, 0.6) is 5.75 Å². The van der Waals surface area contributed by atoms with Crippen LogP contribution in [0, 0.1) is 13.8 Å². The standard InChI is InChI=1S/C17H15N7O2/c1-8-7-9(2)19-15-12(8)16-22-21-13(14(18)24(16)23-15)17(26)20-10-5-3-4-6-11(10)25/h3-7,25H,18H2,1-2H3,(H,20,26). The monoisotopic (exact) mass is 349 g/mol. The zero-order chi connectivity index (χ0) is 18.4. The second-order valence-corrected chi connectivity index (χ2v) is 5.92. The summed E-state index contributed by atoms with van der Waals surface area (Å²) in [5, 5.41) is 25.5. The van der Waals surface area contributed by atoms with Gasteiger partial charge in [0.05, 0.1) is 11.1 Å². The molecule has 1 aromatic carbocycles. The lowest BCUT2D eigenvalue weighted by molar-refractivity contribution is 0.102. The fourth-order valence-electron chi connectivity index (χ4n) is 2.85. The van der Waals surface area contributed by atoms with Gasteiger partial charge >= 0.3 is 0 Å². The van der Waals surface area contributed by atoms with Crippen molar-refractivity contribution in [2.45, 2.75) is 13.8 Å². The maximum atomic E-state index is 12.5. The Labute approximate surface area is 147 Å². The molecule has 26 heavy (non-hydrogen) atoms. The average molecular weight is 349 g/mol. The Balaban J connectivity index is 1.83. The van der Waals surface area contributed by atoms with E-state index in [0.29, 0.717) is 11.3 Å². The van der Waals surface area contributed by atoms with Crippen LogP contribution < -0.4 is 11.1 Å². The highest BCUT2D eigenvalue weighted by Gasteiger charge is 2.20. The number of aromatic hydroxyl groups is 1. The SMILES string of the molecule is Cc1cc(C)c2c(n1)nn1c(N)c(C(=O)Nc3ccccc3O)nnc21. The lowest BCUT2D eigenvalue weighted by Gasteiger charge is -2.08. The second kappa shape index (κ2) is 5.66. The van der Waals surface area contributed by atoms with Gasteiger partial charge in [0.2, 0.25) is 0 Å². The number of pyridine rings is 1. The van der Waals surface area contributed by atoms with Crippen molar-refractivity contribution in [1.29, 1.82) is 0 Å². The third-order valence-corrected chi connectivity index (χ3v) is 4.03. The number of anilines is 2. The predicted octanol–water partition coefficient (Wildman–Crippen LogP) is 1.83. The van der Waals surface area contributed by atoms with Gasteiger partial charge in [0.25, 0.3) is 5.91 Å². The van der Waals surface area contributed by atoms with Crippen molar-refractivity contribution < 1.29 is 9.90 Å². The molecule has 0 atom stereocenters. The molecule has 0 aliphatic rings. The van der Waals surface area contributed by atoms with Crippen LogP contribution in [0.15, 0.2) is 30.3 Å². The number of para-hydroxylation sites is 2. The number of phenolic OH excluding ortho intramolecular Hbond substituents is 1. The van der Waals surface area contributed by atoms with Gasteiger partial charge in [0.1, 0.15) is 5.75 Å². The molecule has 4 aromatic rings. The highest BCUT2D eigenvalue weighted by Crippen LogP contribution is 2.25. The second-order valence-electron chi connectivity index (χ2n) is 5.92. The molecule has 0 saturated heterocycles. The van der Waals surface area contributed by atoms with Crippen LogP contribution in [0.25, 0.3) is 16.7 Å². The molecule has 9 nitrogen and oxygen atoms in total. The highest BCUT2D eigenvalue weighted by molar-refractivity contribution is 6.07. The third kappa shape index (κ3) is 2.37. The van der Waals surface area contributed by atoms with E-state index in [2.05, 4.69) is 25.6 Å². The molecular formula is C17H15N7O2. The largest absolute Gasteiger partial charge is 0.506 e. The van der Waals surface area contributed by atoms with Crippen molar-refractivity contribution >= 4 is 34.1 Å². The molecule has 4 rings (SSSR count). The number of nitrogens with zero attached hydrogens (tertiary/aromatic N) is 5. The maximum absolute atomic E-state index is 12.5. The van der Waals surface area contributed by atoms with E-state index in [1.54, 1.807) is 18.2 Å². The van der Waals surface area contributed by atoms with Crippen LogP contribution >= 0.6 is 0 Å². The number of nitrogens with two attached hydrogens (primary N) is 1. The zero-order valence-electron chi connectivity index (χ0n) is 14.1. The molecule has 0 radical (unpaired) electrons. The Kier molecular flexibility index (Phi) is 3.43. The number of fused-ring (bicyclic) bond motifs is 3. The normalized spacial score (nSPS) is 11.2. The van der Waals surface area contributed by atoms with Crippen LogP contribution in [-0.2, 0) is 0 Å². The van der Waals surface area contributed by atoms with Crippen molar-refractivity contribution in [1.82, 2.24) is 24.8 Å². The van der Waals surface area contributed by atoms with Gasteiger partial charge in [-0.3, -0.25) is 4.79 Å². The minimum atomic E-state index is -0.598. The first kappa shape index (κ1) is 15.8. The maximum Gasteiger partial charge on any atom is 0.280 e. The quantitative estimate of drug-likeness (QED) is 0.470. The predicted molar refractivity (Wildman–Crippen MR) is 96.0 cm³/mol. The van der Waals surface area contributed by atoms with Gasteiger partial charge in [-0.25, -0.2) is 4.98 Å². The van der Waals surface area contributed by atoms with Gasteiger partial charge < -0.3 is 16.2 Å². The van der Waals surface area contributed by atoms with Crippen molar-refractivity contribution in [2.75, 3.05) is 11.1 Å². The molecule has 3 heterocycles. The van der Waals surface area contributed by atoms with Gasteiger partial charge in [0.15, 0.2) is 22.8 Å². The summed E-state index contributed by atoms with van der Waals surface area (Å²) in [6, 6.07) is 8.28. The van der Waals surface area contributed by atoms with E-state index in [9.17, 15) is 9.90 Å². The van der Waals surface area contributed by atoms with Gasteiger partial charge in [-0.15, -0.1) is 15.3 Å². The number of aryl methyl sites for hydroxylation is 2. The number of rotatable bonds is 2.